The van der Waals surface area contributed by atoms with Crippen molar-refractivity contribution in [3.05, 3.63) is 71.6 Å². The summed E-state index contributed by atoms with van der Waals surface area (Å²) in [5.74, 6) is -1.33. The Hall–Kier alpha value is -3.23. The molecular formula is C19H14F4N4O. The molecule has 5 nitrogen and oxygen atoms in total. The van der Waals surface area contributed by atoms with E-state index in [-0.39, 0.29) is 11.7 Å². The Labute approximate surface area is 157 Å². The van der Waals surface area contributed by atoms with Crippen molar-refractivity contribution < 1.29 is 22.4 Å². The fourth-order valence-corrected chi connectivity index (χ4v) is 2.76. The highest BCUT2D eigenvalue weighted by atomic mass is 19.4. The molecule has 1 aliphatic rings. The van der Waals surface area contributed by atoms with Crippen LogP contribution in [0.2, 0.25) is 0 Å². The number of hydrogen-bond acceptors (Lipinski definition) is 3. The minimum absolute atomic E-state index is 0.166. The molecule has 1 saturated carbocycles. The number of carbonyl (C=O) groups is 1. The van der Waals surface area contributed by atoms with E-state index >= 15 is 0 Å². The van der Waals surface area contributed by atoms with Gasteiger partial charge in [0.15, 0.2) is 0 Å². The van der Waals surface area contributed by atoms with Crippen LogP contribution in [-0.4, -0.2) is 20.7 Å². The van der Waals surface area contributed by atoms with Crippen LogP contribution in [0, 0.1) is 5.82 Å². The summed E-state index contributed by atoms with van der Waals surface area (Å²) < 4.78 is 53.9. The molecule has 0 aliphatic heterocycles. The molecule has 1 amide bonds. The van der Waals surface area contributed by atoms with Crippen LogP contribution >= 0.6 is 0 Å². The lowest BCUT2D eigenvalue weighted by Gasteiger charge is -2.10. The molecule has 144 valence electrons. The third-order valence-corrected chi connectivity index (χ3v) is 4.32. The third kappa shape index (κ3) is 3.60. The molecule has 1 N–H and O–H groups in total. The molecule has 0 radical (unpaired) electrons. The Morgan fingerprint density at radius 3 is 2.46 bits per heavy atom. The van der Waals surface area contributed by atoms with E-state index in [1.807, 2.05) is 18.2 Å². The largest absolute Gasteiger partial charge is 0.416 e. The van der Waals surface area contributed by atoms with Crippen LogP contribution in [0.25, 0.3) is 5.69 Å². The predicted molar refractivity (Wildman–Crippen MR) is 92.7 cm³/mol. The third-order valence-electron chi connectivity index (χ3n) is 4.32. The molecule has 1 fully saturated rings. The molecule has 28 heavy (non-hydrogen) atoms. The Kier molecular flexibility index (Phi) is 4.37. The van der Waals surface area contributed by atoms with Gasteiger partial charge < -0.3 is 5.32 Å². The monoisotopic (exact) mass is 390 g/mol. The number of alkyl halides is 3. The average Bonchev–Trinajstić information content (AvgIpc) is 3.41. The fourth-order valence-electron chi connectivity index (χ4n) is 2.76. The Morgan fingerprint density at radius 2 is 1.82 bits per heavy atom. The normalized spacial score (nSPS) is 14.1. The fraction of sp³-hybridized carbons (Fsp3) is 0.211. The molecule has 0 spiro atoms. The van der Waals surface area contributed by atoms with Crippen LogP contribution in [0.3, 0.4) is 0 Å². The van der Waals surface area contributed by atoms with Crippen molar-refractivity contribution in [3.63, 3.8) is 0 Å². The second-order valence-electron chi connectivity index (χ2n) is 6.46. The molecule has 3 aromatic rings. The number of para-hydroxylation sites is 1. The molecule has 2 aromatic carbocycles. The maximum atomic E-state index is 13.9. The summed E-state index contributed by atoms with van der Waals surface area (Å²) in [6, 6.07) is 10.9. The van der Waals surface area contributed by atoms with Gasteiger partial charge >= 0.3 is 6.18 Å². The molecule has 1 heterocycles. The Morgan fingerprint density at radius 1 is 1.11 bits per heavy atom. The zero-order chi connectivity index (χ0) is 19.9. The van der Waals surface area contributed by atoms with Gasteiger partial charge in [0.05, 0.1) is 16.9 Å². The van der Waals surface area contributed by atoms with E-state index < -0.39 is 29.2 Å². The van der Waals surface area contributed by atoms with E-state index in [1.165, 1.54) is 4.68 Å². The van der Waals surface area contributed by atoms with Crippen LogP contribution in [0.15, 0.2) is 48.5 Å². The topological polar surface area (TPSA) is 59.8 Å². The smallest absolute Gasteiger partial charge is 0.317 e. The highest BCUT2D eigenvalue weighted by Crippen LogP contribution is 2.39. The average molecular weight is 390 g/mol. The zero-order valence-corrected chi connectivity index (χ0v) is 14.4. The molecule has 0 atom stereocenters. The van der Waals surface area contributed by atoms with E-state index in [4.69, 9.17) is 0 Å². The predicted octanol–water partition coefficient (Wildman–Crippen LogP) is 4.55. The molecule has 4 rings (SSSR count). The maximum Gasteiger partial charge on any atom is 0.416 e. The van der Waals surface area contributed by atoms with Gasteiger partial charge in [-0.25, -0.2) is 14.1 Å². The molecule has 1 aliphatic carbocycles. The number of hydrogen-bond donors (Lipinski definition) is 1. The molecule has 1 aromatic heterocycles. The van der Waals surface area contributed by atoms with Crippen molar-refractivity contribution in [1.29, 1.82) is 0 Å². The van der Waals surface area contributed by atoms with Gasteiger partial charge in [-0.3, -0.25) is 4.79 Å². The number of benzene rings is 2. The van der Waals surface area contributed by atoms with E-state index in [1.54, 1.807) is 12.1 Å². The van der Waals surface area contributed by atoms with Crippen molar-refractivity contribution in [2.45, 2.75) is 24.9 Å². The minimum atomic E-state index is -4.65. The van der Waals surface area contributed by atoms with Gasteiger partial charge in [-0.15, -0.1) is 5.10 Å². The van der Waals surface area contributed by atoms with E-state index in [9.17, 15) is 22.4 Å². The number of rotatable bonds is 4. The lowest BCUT2D eigenvalue weighted by molar-refractivity contribution is -0.137. The van der Waals surface area contributed by atoms with Gasteiger partial charge in [-0.2, -0.15) is 13.2 Å². The Balaban J connectivity index is 1.65. The standard InChI is InChI=1S/C19H14F4N4O/c20-14-9-8-12(19(21,22)23)10-15(14)24-18(28)16-25-17(11-6-7-11)27(26-16)13-4-2-1-3-5-13/h1-5,8-11H,6-7H2,(H,24,28). The van der Waals surface area contributed by atoms with Gasteiger partial charge in [-0.05, 0) is 43.2 Å². The van der Waals surface area contributed by atoms with Crippen molar-refractivity contribution >= 4 is 11.6 Å². The number of aromatic nitrogens is 3. The number of amides is 1. The zero-order valence-electron chi connectivity index (χ0n) is 14.4. The summed E-state index contributed by atoms with van der Waals surface area (Å²) in [6.45, 7) is 0. The van der Waals surface area contributed by atoms with Crippen molar-refractivity contribution in [2.24, 2.45) is 0 Å². The second-order valence-corrected chi connectivity index (χ2v) is 6.46. The van der Waals surface area contributed by atoms with Gasteiger partial charge in [0.2, 0.25) is 5.82 Å². The maximum absolute atomic E-state index is 13.9. The summed E-state index contributed by atoms with van der Waals surface area (Å²) in [6.07, 6.45) is -2.83. The van der Waals surface area contributed by atoms with E-state index in [0.717, 1.165) is 12.8 Å². The van der Waals surface area contributed by atoms with Crippen LogP contribution in [-0.2, 0) is 6.18 Å². The lowest BCUT2D eigenvalue weighted by Crippen LogP contribution is -2.16. The molecule has 9 heteroatoms. The van der Waals surface area contributed by atoms with Crippen LogP contribution in [0.5, 0.6) is 0 Å². The number of nitrogens with zero attached hydrogens (tertiary/aromatic N) is 3. The summed E-state index contributed by atoms with van der Waals surface area (Å²) in [4.78, 5) is 16.7. The van der Waals surface area contributed by atoms with Crippen molar-refractivity contribution in [3.8, 4) is 5.69 Å². The van der Waals surface area contributed by atoms with Crippen molar-refractivity contribution in [1.82, 2.24) is 14.8 Å². The van der Waals surface area contributed by atoms with Gasteiger partial charge in [0, 0.05) is 5.92 Å². The van der Waals surface area contributed by atoms with Gasteiger partial charge in [0.1, 0.15) is 11.6 Å². The van der Waals surface area contributed by atoms with Crippen molar-refractivity contribution in [2.75, 3.05) is 5.32 Å². The first-order chi connectivity index (χ1) is 13.3. The molecule has 0 saturated heterocycles. The van der Waals surface area contributed by atoms with E-state index in [2.05, 4.69) is 15.4 Å². The summed E-state index contributed by atoms with van der Waals surface area (Å²) >= 11 is 0. The van der Waals surface area contributed by atoms with Gasteiger partial charge in [0.25, 0.3) is 5.91 Å². The second kappa shape index (κ2) is 6.74. The number of nitrogens with one attached hydrogen (secondary N) is 1. The van der Waals surface area contributed by atoms with Gasteiger partial charge in [-0.1, -0.05) is 18.2 Å². The van der Waals surface area contributed by atoms with Crippen LogP contribution < -0.4 is 5.32 Å². The highest BCUT2D eigenvalue weighted by molar-refractivity contribution is 6.01. The summed E-state index contributed by atoms with van der Waals surface area (Å²) in [5.41, 5.74) is -0.935. The molecule has 0 bridgehead atoms. The first-order valence-electron chi connectivity index (χ1n) is 8.53. The summed E-state index contributed by atoms with van der Waals surface area (Å²) in [7, 11) is 0. The first-order valence-corrected chi connectivity index (χ1v) is 8.53. The lowest BCUT2D eigenvalue weighted by atomic mass is 10.2. The van der Waals surface area contributed by atoms with Crippen LogP contribution in [0.4, 0.5) is 23.2 Å². The molecule has 0 unspecified atom stereocenters. The SMILES string of the molecule is O=C(Nc1cc(C(F)(F)F)ccc1F)c1nc(C2CC2)n(-c2ccccc2)n1. The van der Waals surface area contributed by atoms with Crippen LogP contribution in [0.1, 0.15) is 40.8 Å². The number of anilines is 1. The first kappa shape index (κ1) is 18.1. The molecular weight excluding hydrogens is 376 g/mol. The number of carbonyl (C=O) groups excluding carboxylic acids is 1. The Bertz CT molecular complexity index is 1030. The quantitative estimate of drug-likeness (QED) is 0.665. The van der Waals surface area contributed by atoms with E-state index in [0.29, 0.717) is 29.7 Å². The summed E-state index contributed by atoms with van der Waals surface area (Å²) in [5, 5.41) is 6.33. The highest BCUT2D eigenvalue weighted by Gasteiger charge is 2.33. The minimum Gasteiger partial charge on any atom is -0.317 e. The number of halogens is 4.